The second-order valence-corrected chi connectivity index (χ2v) is 10.3. The molecule has 3 aliphatic rings. The molecule has 1 amide bonds. The molecule has 3 fully saturated rings. The molecule has 3 atom stereocenters. The maximum absolute atomic E-state index is 13.2. The molecule has 1 saturated heterocycles. The van der Waals surface area contributed by atoms with Crippen LogP contribution in [0.25, 0.3) is 0 Å². The Hall–Kier alpha value is -1.72. The summed E-state index contributed by atoms with van der Waals surface area (Å²) in [5, 5.41) is 5.53. The highest BCUT2D eigenvalue weighted by molar-refractivity contribution is 7.09. The van der Waals surface area contributed by atoms with Crippen LogP contribution < -0.4 is 5.32 Å². The lowest BCUT2D eigenvalue weighted by Crippen LogP contribution is -2.39. The van der Waals surface area contributed by atoms with Crippen molar-refractivity contribution < 1.29 is 4.79 Å². The first kappa shape index (κ1) is 19.3. The smallest absolute Gasteiger partial charge is 0.253 e. The number of piperidine rings is 1. The third-order valence-corrected chi connectivity index (χ3v) is 8.16. The summed E-state index contributed by atoms with van der Waals surface area (Å²) < 4.78 is 0. The van der Waals surface area contributed by atoms with Crippen LogP contribution in [0.15, 0.2) is 29.6 Å². The molecule has 1 N–H and O–H groups in total. The van der Waals surface area contributed by atoms with E-state index in [4.69, 9.17) is 4.98 Å². The van der Waals surface area contributed by atoms with Crippen LogP contribution in [0.1, 0.15) is 71.1 Å². The lowest BCUT2D eigenvalue weighted by molar-refractivity contribution is 0.0920. The van der Waals surface area contributed by atoms with Crippen LogP contribution in [0.3, 0.4) is 0 Å². The number of amides is 1. The molecule has 0 radical (unpaired) electrons. The van der Waals surface area contributed by atoms with Crippen LogP contribution in [0.2, 0.25) is 0 Å². The summed E-state index contributed by atoms with van der Waals surface area (Å²) in [5.74, 6) is 2.03. The van der Waals surface area contributed by atoms with Crippen LogP contribution in [0, 0.1) is 18.8 Å². The molecular weight excluding hydrogens is 378 g/mol. The molecular formula is C24H31N3OS. The molecule has 0 spiro atoms. The molecule has 1 aliphatic heterocycles. The standard InChI is InChI=1S/C24H31N3OS/c1-16-4-7-21(24(28)26-22-14-17-5-6-19(22)13-17)23(25-16)18-8-10-27(11-9-18)15-20-3-2-12-29-20/h2-4,7,12,17-19,22H,5-6,8-11,13-15H2,1H3,(H,26,28). The number of carbonyl (C=O) groups is 1. The van der Waals surface area contributed by atoms with Gasteiger partial charge in [0.1, 0.15) is 0 Å². The van der Waals surface area contributed by atoms with Crippen LogP contribution >= 0.6 is 11.3 Å². The summed E-state index contributed by atoms with van der Waals surface area (Å²) in [6, 6.07) is 8.73. The predicted molar refractivity (Wildman–Crippen MR) is 117 cm³/mol. The quantitative estimate of drug-likeness (QED) is 0.775. The number of rotatable bonds is 5. The Bertz CT molecular complexity index is 857. The van der Waals surface area contributed by atoms with E-state index in [1.165, 1.54) is 30.6 Å². The van der Waals surface area contributed by atoms with Gasteiger partial charge in [-0.25, -0.2) is 0 Å². The van der Waals surface area contributed by atoms with E-state index in [2.05, 4.69) is 27.7 Å². The van der Waals surface area contributed by atoms with E-state index in [1.807, 2.05) is 30.4 Å². The summed E-state index contributed by atoms with van der Waals surface area (Å²) in [6.45, 7) is 5.23. The van der Waals surface area contributed by atoms with Crippen LogP contribution in [-0.2, 0) is 6.54 Å². The highest BCUT2D eigenvalue weighted by Crippen LogP contribution is 2.44. The molecule has 5 heteroatoms. The molecule has 2 saturated carbocycles. The first-order valence-electron chi connectivity index (χ1n) is 11.2. The number of hydrogen-bond donors (Lipinski definition) is 1. The number of fused-ring (bicyclic) bond motifs is 2. The minimum absolute atomic E-state index is 0.103. The van der Waals surface area contributed by atoms with Gasteiger partial charge in [0.15, 0.2) is 0 Å². The Kier molecular flexibility index (Phi) is 5.44. The number of hydrogen-bond acceptors (Lipinski definition) is 4. The number of pyridine rings is 1. The van der Waals surface area contributed by atoms with E-state index < -0.39 is 0 Å². The predicted octanol–water partition coefficient (Wildman–Crippen LogP) is 4.75. The SMILES string of the molecule is Cc1ccc(C(=O)NC2CC3CCC2C3)c(C2CCN(Cc3cccs3)CC2)n1. The Balaban J connectivity index is 1.26. The number of thiophene rings is 1. The van der Waals surface area contributed by atoms with Crippen molar-refractivity contribution in [1.29, 1.82) is 0 Å². The van der Waals surface area contributed by atoms with E-state index in [-0.39, 0.29) is 5.91 Å². The Morgan fingerprint density at radius 3 is 2.72 bits per heavy atom. The second-order valence-electron chi connectivity index (χ2n) is 9.27. The zero-order valence-electron chi connectivity index (χ0n) is 17.3. The molecule has 29 heavy (non-hydrogen) atoms. The van der Waals surface area contributed by atoms with Crippen LogP contribution in [0.4, 0.5) is 0 Å². The molecule has 2 bridgehead atoms. The van der Waals surface area contributed by atoms with Crippen molar-refractivity contribution in [1.82, 2.24) is 15.2 Å². The Labute approximate surface area is 177 Å². The average Bonchev–Trinajstić information content (AvgIpc) is 3.47. The van der Waals surface area contributed by atoms with Gasteiger partial charge in [0.25, 0.3) is 5.91 Å². The highest BCUT2D eigenvalue weighted by Gasteiger charge is 2.40. The molecule has 2 aliphatic carbocycles. The number of nitrogens with zero attached hydrogens (tertiary/aromatic N) is 2. The molecule has 2 aromatic rings. The number of likely N-dealkylation sites (tertiary alicyclic amines) is 1. The number of aromatic nitrogens is 1. The minimum atomic E-state index is 0.103. The largest absolute Gasteiger partial charge is 0.349 e. The van der Waals surface area contributed by atoms with Crippen LogP contribution in [0.5, 0.6) is 0 Å². The minimum Gasteiger partial charge on any atom is -0.349 e. The third kappa shape index (κ3) is 4.13. The zero-order valence-corrected chi connectivity index (χ0v) is 18.1. The van der Waals surface area contributed by atoms with Gasteiger partial charge in [-0.05, 0) is 87.5 Å². The topological polar surface area (TPSA) is 45.2 Å². The molecule has 154 valence electrons. The molecule has 4 nitrogen and oxygen atoms in total. The van der Waals surface area contributed by atoms with Crippen molar-refractivity contribution in [2.75, 3.05) is 13.1 Å². The lowest BCUT2D eigenvalue weighted by Gasteiger charge is -2.32. The van der Waals surface area contributed by atoms with Crippen molar-refractivity contribution in [3.8, 4) is 0 Å². The zero-order chi connectivity index (χ0) is 19.8. The summed E-state index contributed by atoms with van der Waals surface area (Å²) in [7, 11) is 0. The summed E-state index contributed by atoms with van der Waals surface area (Å²) in [4.78, 5) is 22.0. The fraction of sp³-hybridized carbons (Fsp3) is 0.583. The second kappa shape index (κ2) is 8.19. The van der Waals surface area contributed by atoms with Crippen molar-refractivity contribution in [3.05, 3.63) is 51.5 Å². The van der Waals surface area contributed by atoms with Gasteiger partial charge in [-0.1, -0.05) is 12.5 Å². The van der Waals surface area contributed by atoms with Gasteiger partial charge in [0.05, 0.1) is 11.3 Å². The Morgan fingerprint density at radius 2 is 2.03 bits per heavy atom. The van der Waals surface area contributed by atoms with Crippen molar-refractivity contribution in [2.24, 2.45) is 11.8 Å². The number of carbonyl (C=O) groups excluding carboxylic acids is 1. The summed E-state index contributed by atoms with van der Waals surface area (Å²) in [5.41, 5.74) is 2.86. The number of aryl methyl sites for hydroxylation is 1. The fourth-order valence-electron chi connectivity index (χ4n) is 5.74. The lowest BCUT2D eigenvalue weighted by atomic mass is 9.89. The maximum atomic E-state index is 13.2. The Morgan fingerprint density at radius 1 is 1.17 bits per heavy atom. The van der Waals surface area contributed by atoms with E-state index in [1.54, 1.807) is 0 Å². The maximum Gasteiger partial charge on any atom is 0.253 e. The molecule has 2 aromatic heterocycles. The third-order valence-electron chi connectivity index (χ3n) is 7.30. The van der Waals surface area contributed by atoms with E-state index in [0.717, 1.165) is 55.3 Å². The van der Waals surface area contributed by atoms with Gasteiger partial charge in [-0.3, -0.25) is 14.7 Å². The fourth-order valence-corrected chi connectivity index (χ4v) is 6.48. The van der Waals surface area contributed by atoms with Gasteiger partial charge in [0, 0.05) is 29.1 Å². The monoisotopic (exact) mass is 409 g/mol. The summed E-state index contributed by atoms with van der Waals surface area (Å²) in [6.07, 6.45) is 7.29. The van der Waals surface area contributed by atoms with Crippen molar-refractivity contribution in [2.45, 2.75) is 64.0 Å². The van der Waals surface area contributed by atoms with Gasteiger partial charge in [-0.15, -0.1) is 11.3 Å². The highest BCUT2D eigenvalue weighted by atomic mass is 32.1. The van der Waals surface area contributed by atoms with E-state index in [9.17, 15) is 4.79 Å². The average molecular weight is 410 g/mol. The van der Waals surface area contributed by atoms with Crippen molar-refractivity contribution >= 4 is 17.2 Å². The van der Waals surface area contributed by atoms with Gasteiger partial charge < -0.3 is 5.32 Å². The number of nitrogens with one attached hydrogen (secondary N) is 1. The molecule has 0 aromatic carbocycles. The molecule has 3 heterocycles. The molecule has 3 unspecified atom stereocenters. The van der Waals surface area contributed by atoms with Gasteiger partial charge >= 0.3 is 0 Å². The first-order valence-corrected chi connectivity index (χ1v) is 12.1. The first-order chi connectivity index (χ1) is 14.2. The van der Waals surface area contributed by atoms with Crippen molar-refractivity contribution in [3.63, 3.8) is 0 Å². The van der Waals surface area contributed by atoms with E-state index in [0.29, 0.717) is 17.9 Å². The van der Waals surface area contributed by atoms with Gasteiger partial charge in [-0.2, -0.15) is 0 Å². The van der Waals surface area contributed by atoms with E-state index >= 15 is 0 Å². The van der Waals surface area contributed by atoms with Gasteiger partial charge in [0.2, 0.25) is 0 Å². The molecule has 5 rings (SSSR count). The normalized spacial score (nSPS) is 27.4. The van der Waals surface area contributed by atoms with Crippen LogP contribution in [-0.4, -0.2) is 34.9 Å². The summed E-state index contributed by atoms with van der Waals surface area (Å²) >= 11 is 1.84.